The smallest absolute Gasteiger partial charge is 0.410 e. The molecule has 1 atom stereocenters. The van der Waals surface area contributed by atoms with E-state index in [1.807, 2.05) is 38.4 Å². The van der Waals surface area contributed by atoms with E-state index in [2.05, 4.69) is 25.0 Å². The summed E-state index contributed by atoms with van der Waals surface area (Å²) in [6.45, 7) is 13.4. The van der Waals surface area contributed by atoms with Crippen LogP contribution in [0.3, 0.4) is 0 Å². The second-order valence-corrected chi connectivity index (χ2v) is 8.24. The molecule has 1 amide bonds. The first kappa shape index (κ1) is 17.7. The van der Waals surface area contributed by atoms with Gasteiger partial charge in [-0.3, -0.25) is 0 Å². The zero-order valence-electron chi connectivity index (χ0n) is 16.0. The van der Waals surface area contributed by atoms with Gasteiger partial charge in [-0.2, -0.15) is 5.10 Å². The predicted molar refractivity (Wildman–Crippen MR) is 97.0 cm³/mol. The van der Waals surface area contributed by atoms with Gasteiger partial charge in [-0.25, -0.2) is 14.3 Å². The van der Waals surface area contributed by atoms with Crippen molar-refractivity contribution in [2.24, 2.45) is 0 Å². The molecule has 1 aliphatic rings. The Balaban J connectivity index is 1.85. The summed E-state index contributed by atoms with van der Waals surface area (Å²) in [4.78, 5) is 18.9. The number of aromatic nitrogens is 3. The molecule has 0 aromatic carbocycles. The Bertz CT molecular complexity index is 789. The van der Waals surface area contributed by atoms with Crippen LogP contribution in [0.15, 0.2) is 12.3 Å². The van der Waals surface area contributed by atoms with Gasteiger partial charge in [0.1, 0.15) is 5.60 Å². The quantitative estimate of drug-likeness (QED) is 0.829. The van der Waals surface area contributed by atoms with E-state index in [1.165, 1.54) is 0 Å². The van der Waals surface area contributed by atoms with E-state index in [0.717, 1.165) is 29.0 Å². The van der Waals surface area contributed by atoms with Crippen molar-refractivity contribution in [3.05, 3.63) is 29.2 Å². The molecule has 3 heterocycles. The van der Waals surface area contributed by atoms with Crippen molar-refractivity contribution in [1.29, 1.82) is 0 Å². The summed E-state index contributed by atoms with van der Waals surface area (Å²) >= 11 is 0. The van der Waals surface area contributed by atoms with Gasteiger partial charge in [0.15, 0.2) is 5.65 Å². The van der Waals surface area contributed by atoms with E-state index >= 15 is 0 Å². The van der Waals surface area contributed by atoms with Gasteiger partial charge in [0.05, 0.1) is 6.20 Å². The minimum absolute atomic E-state index is 0.235. The topological polar surface area (TPSA) is 59.7 Å². The normalized spacial score (nSPS) is 18.4. The fourth-order valence-electron chi connectivity index (χ4n) is 3.23. The van der Waals surface area contributed by atoms with Crippen LogP contribution in [0.2, 0.25) is 0 Å². The monoisotopic (exact) mass is 344 g/mol. The molecule has 2 aromatic heterocycles. The van der Waals surface area contributed by atoms with Gasteiger partial charge in [-0.15, -0.1) is 0 Å². The van der Waals surface area contributed by atoms with E-state index in [4.69, 9.17) is 9.72 Å². The largest absolute Gasteiger partial charge is 0.444 e. The summed E-state index contributed by atoms with van der Waals surface area (Å²) in [6.07, 6.45) is 2.54. The molecule has 1 aliphatic heterocycles. The van der Waals surface area contributed by atoms with Crippen molar-refractivity contribution >= 4 is 11.7 Å². The number of nitrogens with zero attached hydrogens (tertiary/aromatic N) is 4. The first-order valence-corrected chi connectivity index (χ1v) is 8.99. The van der Waals surface area contributed by atoms with Gasteiger partial charge in [0.25, 0.3) is 0 Å². The number of likely N-dealkylation sites (tertiary alicyclic amines) is 1. The number of carbonyl (C=O) groups excluding carboxylic acids is 1. The molecule has 1 saturated heterocycles. The summed E-state index contributed by atoms with van der Waals surface area (Å²) in [6, 6.07) is 2.15. The van der Waals surface area contributed by atoms with Crippen LogP contribution < -0.4 is 0 Å². The lowest BCUT2D eigenvalue weighted by atomic mass is 10.0. The predicted octanol–water partition coefficient (Wildman–Crippen LogP) is 3.89. The van der Waals surface area contributed by atoms with Crippen LogP contribution in [0.1, 0.15) is 69.8 Å². The lowest BCUT2D eigenvalue weighted by molar-refractivity contribution is 0.0292. The minimum Gasteiger partial charge on any atom is -0.444 e. The van der Waals surface area contributed by atoms with E-state index in [-0.39, 0.29) is 12.0 Å². The Morgan fingerprint density at radius 3 is 2.72 bits per heavy atom. The molecule has 0 spiro atoms. The minimum atomic E-state index is -0.466. The molecular formula is C19H28N4O2. The van der Waals surface area contributed by atoms with Crippen LogP contribution in [-0.4, -0.2) is 44.3 Å². The summed E-state index contributed by atoms with van der Waals surface area (Å²) in [7, 11) is 0. The highest BCUT2D eigenvalue weighted by atomic mass is 16.6. The lowest BCUT2D eigenvalue weighted by Crippen LogP contribution is -2.35. The Hall–Kier alpha value is -2.11. The van der Waals surface area contributed by atoms with Gasteiger partial charge in [0, 0.05) is 36.0 Å². The summed E-state index contributed by atoms with van der Waals surface area (Å²) in [5.74, 6) is 0.594. The lowest BCUT2D eigenvalue weighted by Gasteiger charge is -2.24. The second kappa shape index (κ2) is 6.32. The Kier molecular flexibility index (Phi) is 4.47. The van der Waals surface area contributed by atoms with Gasteiger partial charge in [0.2, 0.25) is 0 Å². The standard InChI is InChI=1S/C19H28N4O2/c1-12(2)16-9-15(21-17-13(3)10-20-23(16)17)14-7-8-22(11-14)18(24)25-19(4,5)6/h9-10,12,14H,7-8,11H2,1-6H3. The molecule has 0 saturated carbocycles. The van der Waals surface area contributed by atoms with Crippen LogP contribution in [0.25, 0.3) is 5.65 Å². The molecule has 6 nitrogen and oxygen atoms in total. The van der Waals surface area contributed by atoms with Gasteiger partial charge < -0.3 is 9.64 Å². The molecule has 0 aliphatic carbocycles. The third kappa shape index (κ3) is 3.62. The number of fused-ring (bicyclic) bond motifs is 1. The number of aryl methyl sites for hydroxylation is 1. The van der Waals surface area contributed by atoms with Crippen LogP contribution in [-0.2, 0) is 4.74 Å². The third-order valence-electron chi connectivity index (χ3n) is 4.55. The molecular weight excluding hydrogens is 316 g/mol. The second-order valence-electron chi connectivity index (χ2n) is 8.24. The maximum atomic E-state index is 12.3. The number of hydrogen-bond acceptors (Lipinski definition) is 4. The van der Waals surface area contributed by atoms with Crippen molar-refractivity contribution in [1.82, 2.24) is 19.5 Å². The molecule has 1 unspecified atom stereocenters. The van der Waals surface area contributed by atoms with Crippen molar-refractivity contribution in [2.75, 3.05) is 13.1 Å². The number of carbonyl (C=O) groups is 1. The van der Waals surface area contributed by atoms with Crippen molar-refractivity contribution < 1.29 is 9.53 Å². The molecule has 2 aromatic rings. The van der Waals surface area contributed by atoms with Crippen molar-refractivity contribution in [3.63, 3.8) is 0 Å². The Morgan fingerprint density at radius 1 is 1.36 bits per heavy atom. The number of ether oxygens (including phenoxy) is 1. The maximum absolute atomic E-state index is 12.3. The van der Waals surface area contributed by atoms with Crippen molar-refractivity contribution in [2.45, 2.75) is 65.4 Å². The van der Waals surface area contributed by atoms with Crippen LogP contribution in [0, 0.1) is 6.92 Å². The molecule has 25 heavy (non-hydrogen) atoms. The molecule has 0 radical (unpaired) electrons. The molecule has 0 N–H and O–H groups in total. The van der Waals surface area contributed by atoms with Crippen molar-refractivity contribution in [3.8, 4) is 0 Å². The fourth-order valence-corrected chi connectivity index (χ4v) is 3.23. The molecule has 3 rings (SSSR count). The zero-order chi connectivity index (χ0) is 18.4. The Morgan fingerprint density at radius 2 is 2.08 bits per heavy atom. The SMILES string of the molecule is Cc1cnn2c(C(C)C)cc(C3CCN(C(=O)OC(C)(C)C)C3)nc12. The summed E-state index contributed by atoms with van der Waals surface area (Å²) in [5.41, 5.74) is 3.73. The highest BCUT2D eigenvalue weighted by Gasteiger charge is 2.32. The molecule has 0 bridgehead atoms. The van der Waals surface area contributed by atoms with Gasteiger partial charge in [-0.1, -0.05) is 13.8 Å². The maximum Gasteiger partial charge on any atom is 0.410 e. The van der Waals surface area contributed by atoms with Crippen LogP contribution in [0.4, 0.5) is 4.79 Å². The molecule has 1 fully saturated rings. The summed E-state index contributed by atoms with van der Waals surface area (Å²) in [5, 5.41) is 4.46. The highest BCUT2D eigenvalue weighted by molar-refractivity contribution is 5.68. The molecule has 6 heteroatoms. The van der Waals surface area contributed by atoms with E-state index in [1.54, 1.807) is 4.90 Å². The molecule has 136 valence electrons. The van der Waals surface area contributed by atoms with Crippen LogP contribution >= 0.6 is 0 Å². The average Bonchev–Trinajstić information content (AvgIpc) is 3.12. The van der Waals surface area contributed by atoms with Gasteiger partial charge >= 0.3 is 6.09 Å². The first-order chi connectivity index (χ1) is 11.7. The Labute approximate surface area is 149 Å². The number of hydrogen-bond donors (Lipinski definition) is 0. The number of amides is 1. The van der Waals surface area contributed by atoms with Crippen LogP contribution in [0.5, 0.6) is 0 Å². The number of rotatable bonds is 2. The fraction of sp³-hybridized carbons (Fsp3) is 0.632. The third-order valence-corrected chi connectivity index (χ3v) is 4.55. The summed E-state index contributed by atoms with van der Waals surface area (Å²) < 4.78 is 7.43. The highest BCUT2D eigenvalue weighted by Crippen LogP contribution is 2.30. The zero-order valence-corrected chi connectivity index (χ0v) is 16.0. The van der Waals surface area contributed by atoms with Gasteiger partial charge in [-0.05, 0) is 46.1 Å². The van der Waals surface area contributed by atoms with E-state index in [9.17, 15) is 4.79 Å². The van der Waals surface area contributed by atoms with E-state index < -0.39 is 5.60 Å². The van der Waals surface area contributed by atoms with E-state index in [0.29, 0.717) is 19.0 Å². The average molecular weight is 344 g/mol. The first-order valence-electron chi connectivity index (χ1n) is 8.99.